The Morgan fingerprint density at radius 2 is 1.92 bits per heavy atom. The number of hydrogen-bond acceptors (Lipinski definition) is 5. The molecule has 0 saturated heterocycles. The minimum Gasteiger partial charge on any atom is -0.497 e. The molecule has 0 radical (unpaired) electrons. The smallest absolute Gasteiger partial charge is 0.176 e. The molecule has 2 aromatic carbocycles. The van der Waals surface area contributed by atoms with E-state index in [1.165, 1.54) is 14.2 Å². The number of methoxy groups -OCH3 is 2. The van der Waals surface area contributed by atoms with E-state index in [4.69, 9.17) is 9.47 Å². The Kier molecular flexibility index (Phi) is 4.89. The van der Waals surface area contributed by atoms with Crippen molar-refractivity contribution in [2.24, 2.45) is 0 Å². The second kappa shape index (κ2) is 7.10. The topological polar surface area (TPSA) is 64.2 Å². The summed E-state index contributed by atoms with van der Waals surface area (Å²) in [5.74, 6) is -0.988. The molecule has 25 heavy (non-hydrogen) atoms. The highest BCUT2D eigenvalue weighted by Crippen LogP contribution is 2.27. The molecule has 0 spiro atoms. The fourth-order valence-electron chi connectivity index (χ4n) is 2.29. The van der Waals surface area contributed by atoms with E-state index in [1.54, 1.807) is 18.2 Å². The molecule has 5 nitrogen and oxygen atoms in total. The zero-order valence-corrected chi connectivity index (χ0v) is 14.2. The van der Waals surface area contributed by atoms with Crippen LogP contribution in [-0.2, 0) is 0 Å². The molecule has 0 saturated carbocycles. The predicted octanol–water partition coefficient (Wildman–Crippen LogP) is 3.83. The van der Waals surface area contributed by atoms with Crippen molar-refractivity contribution in [3.8, 4) is 11.5 Å². The molecule has 3 rings (SSSR count). The van der Waals surface area contributed by atoms with Crippen molar-refractivity contribution in [1.29, 1.82) is 0 Å². The van der Waals surface area contributed by atoms with E-state index >= 15 is 0 Å². The molecule has 0 aliphatic carbocycles. The lowest BCUT2D eigenvalue weighted by molar-refractivity contribution is 0.101. The molecule has 0 aliphatic heterocycles. The van der Waals surface area contributed by atoms with Gasteiger partial charge in [-0.25, -0.2) is 13.8 Å². The van der Waals surface area contributed by atoms with Crippen LogP contribution >= 0.6 is 11.8 Å². The summed E-state index contributed by atoms with van der Waals surface area (Å²) in [5.41, 5.74) is 1.09. The number of Topliss-reactive ketones (excluding diaryl/α,β-unsaturated/α-hetero) is 1. The van der Waals surface area contributed by atoms with E-state index in [2.05, 4.69) is 9.97 Å². The minimum absolute atomic E-state index is 0.0907. The highest BCUT2D eigenvalue weighted by atomic mass is 32.2. The Bertz CT molecular complexity index is 904. The Labute approximate surface area is 146 Å². The Hall–Kier alpha value is -2.61. The highest BCUT2D eigenvalue weighted by molar-refractivity contribution is 7.99. The van der Waals surface area contributed by atoms with Crippen LogP contribution in [0.5, 0.6) is 11.5 Å². The minimum atomic E-state index is -0.963. The average molecular weight is 364 g/mol. The van der Waals surface area contributed by atoms with Gasteiger partial charge >= 0.3 is 0 Å². The molecule has 1 heterocycles. The van der Waals surface area contributed by atoms with Crippen molar-refractivity contribution in [1.82, 2.24) is 9.97 Å². The summed E-state index contributed by atoms with van der Waals surface area (Å²) in [6.07, 6.45) is 0. The third-order valence-corrected chi connectivity index (χ3v) is 4.42. The number of aromatic amines is 1. The van der Waals surface area contributed by atoms with E-state index in [0.717, 1.165) is 23.9 Å². The first-order valence-electron chi connectivity index (χ1n) is 7.24. The fourth-order valence-corrected chi connectivity index (χ4v) is 3.06. The molecule has 1 N–H and O–H groups in total. The van der Waals surface area contributed by atoms with Crippen LogP contribution in [0.4, 0.5) is 8.78 Å². The van der Waals surface area contributed by atoms with Gasteiger partial charge in [-0.05, 0) is 12.1 Å². The Morgan fingerprint density at radius 1 is 1.16 bits per heavy atom. The lowest BCUT2D eigenvalue weighted by Gasteiger charge is -2.09. The average Bonchev–Trinajstić information content (AvgIpc) is 3.01. The van der Waals surface area contributed by atoms with Gasteiger partial charge in [-0.1, -0.05) is 11.8 Å². The first-order chi connectivity index (χ1) is 12.0. The summed E-state index contributed by atoms with van der Waals surface area (Å²) in [7, 11) is 3.00. The SMILES string of the molecule is COc1ccc(C(=O)CSc2nc3cc(F)c(F)cc3[nH]2)c(OC)c1. The number of nitrogens with zero attached hydrogens (tertiary/aromatic N) is 1. The van der Waals surface area contributed by atoms with Gasteiger partial charge in [0.15, 0.2) is 22.6 Å². The molecule has 0 fully saturated rings. The summed E-state index contributed by atoms with van der Waals surface area (Å²) in [6.45, 7) is 0. The number of benzene rings is 2. The predicted molar refractivity (Wildman–Crippen MR) is 90.6 cm³/mol. The molecule has 3 aromatic rings. The molecule has 0 unspecified atom stereocenters. The van der Waals surface area contributed by atoms with Crippen LogP contribution in [-0.4, -0.2) is 35.7 Å². The van der Waals surface area contributed by atoms with Crippen molar-refractivity contribution in [3.63, 3.8) is 0 Å². The first kappa shape index (κ1) is 17.2. The van der Waals surface area contributed by atoms with Crippen molar-refractivity contribution < 1.29 is 23.0 Å². The number of rotatable bonds is 6. The van der Waals surface area contributed by atoms with Crippen LogP contribution in [0.2, 0.25) is 0 Å². The van der Waals surface area contributed by atoms with E-state index in [9.17, 15) is 13.6 Å². The fraction of sp³-hybridized carbons (Fsp3) is 0.176. The van der Waals surface area contributed by atoms with Crippen molar-refractivity contribution >= 4 is 28.6 Å². The summed E-state index contributed by atoms with van der Waals surface area (Å²) in [4.78, 5) is 19.4. The maximum absolute atomic E-state index is 13.2. The van der Waals surface area contributed by atoms with Crippen molar-refractivity contribution in [2.45, 2.75) is 5.16 Å². The van der Waals surface area contributed by atoms with E-state index in [-0.39, 0.29) is 11.5 Å². The first-order valence-corrected chi connectivity index (χ1v) is 8.23. The van der Waals surface area contributed by atoms with Gasteiger partial charge in [0.25, 0.3) is 0 Å². The zero-order valence-electron chi connectivity index (χ0n) is 13.4. The van der Waals surface area contributed by atoms with E-state index in [1.807, 2.05) is 0 Å². The molecule has 0 amide bonds. The molecule has 0 aliphatic rings. The van der Waals surface area contributed by atoms with Crippen LogP contribution in [0.1, 0.15) is 10.4 Å². The maximum Gasteiger partial charge on any atom is 0.176 e. The lowest BCUT2D eigenvalue weighted by Crippen LogP contribution is -2.05. The number of imidazole rings is 1. The van der Waals surface area contributed by atoms with Crippen LogP contribution in [0, 0.1) is 11.6 Å². The van der Waals surface area contributed by atoms with Gasteiger partial charge in [-0.2, -0.15) is 0 Å². The molecule has 130 valence electrons. The monoisotopic (exact) mass is 364 g/mol. The van der Waals surface area contributed by atoms with Crippen LogP contribution < -0.4 is 9.47 Å². The third-order valence-electron chi connectivity index (χ3n) is 3.55. The van der Waals surface area contributed by atoms with Gasteiger partial charge < -0.3 is 14.5 Å². The number of ether oxygens (including phenoxy) is 2. The Morgan fingerprint density at radius 3 is 2.64 bits per heavy atom. The normalized spacial score (nSPS) is 10.9. The number of H-pyrrole nitrogens is 1. The third kappa shape index (κ3) is 3.58. The zero-order chi connectivity index (χ0) is 18.0. The second-order valence-electron chi connectivity index (χ2n) is 5.10. The van der Waals surface area contributed by atoms with Crippen LogP contribution in [0.25, 0.3) is 11.0 Å². The molecule has 0 atom stereocenters. The quantitative estimate of drug-likeness (QED) is 0.532. The standard InChI is InChI=1S/C17H14F2N2O3S/c1-23-9-3-4-10(16(5-9)24-2)15(22)8-25-17-20-13-6-11(18)12(19)7-14(13)21-17/h3-7H,8H2,1-2H3,(H,20,21). The second-order valence-corrected chi connectivity index (χ2v) is 6.07. The van der Waals surface area contributed by atoms with Crippen molar-refractivity contribution in [3.05, 3.63) is 47.5 Å². The molecular formula is C17H14F2N2O3S. The number of aromatic nitrogens is 2. The number of ketones is 1. The maximum atomic E-state index is 13.2. The van der Waals surface area contributed by atoms with Crippen LogP contribution in [0.15, 0.2) is 35.5 Å². The molecular weight excluding hydrogens is 350 g/mol. The van der Waals surface area contributed by atoms with Gasteiger partial charge in [-0.15, -0.1) is 0 Å². The molecule has 1 aromatic heterocycles. The number of nitrogens with one attached hydrogen (secondary N) is 1. The summed E-state index contributed by atoms with van der Waals surface area (Å²) in [5, 5.41) is 0.404. The van der Waals surface area contributed by atoms with E-state index in [0.29, 0.717) is 33.3 Å². The van der Waals surface area contributed by atoms with Crippen LogP contribution in [0.3, 0.4) is 0 Å². The van der Waals surface area contributed by atoms with Crippen molar-refractivity contribution in [2.75, 3.05) is 20.0 Å². The Balaban J connectivity index is 1.76. The summed E-state index contributed by atoms with van der Waals surface area (Å²) < 4.78 is 36.8. The summed E-state index contributed by atoms with van der Waals surface area (Å²) in [6, 6.07) is 6.98. The number of carbonyl (C=O) groups excluding carboxylic acids is 1. The van der Waals surface area contributed by atoms with Gasteiger partial charge in [0.1, 0.15) is 11.5 Å². The number of fused-ring (bicyclic) bond motifs is 1. The number of halogens is 2. The van der Waals surface area contributed by atoms with Gasteiger partial charge in [0.2, 0.25) is 0 Å². The van der Waals surface area contributed by atoms with Gasteiger partial charge in [-0.3, -0.25) is 4.79 Å². The number of hydrogen-bond donors (Lipinski definition) is 1. The number of carbonyl (C=O) groups is 1. The number of thioether (sulfide) groups is 1. The lowest BCUT2D eigenvalue weighted by atomic mass is 10.1. The molecule has 8 heteroatoms. The van der Waals surface area contributed by atoms with Gasteiger partial charge in [0.05, 0.1) is 36.6 Å². The van der Waals surface area contributed by atoms with Gasteiger partial charge in [0, 0.05) is 18.2 Å². The summed E-state index contributed by atoms with van der Waals surface area (Å²) >= 11 is 1.14. The highest BCUT2D eigenvalue weighted by Gasteiger charge is 2.15. The van der Waals surface area contributed by atoms with E-state index < -0.39 is 11.6 Å². The molecule has 0 bridgehead atoms. The largest absolute Gasteiger partial charge is 0.497 e.